The number of para-hydroxylation sites is 2. The third kappa shape index (κ3) is 4.68. The molecule has 0 saturated heterocycles. The van der Waals surface area contributed by atoms with E-state index in [4.69, 9.17) is 9.47 Å². The molecule has 6 aromatic rings. The highest BCUT2D eigenvalue weighted by Gasteiger charge is 2.54. The van der Waals surface area contributed by atoms with E-state index in [1.165, 1.54) is 11.1 Å². The van der Waals surface area contributed by atoms with Crippen LogP contribution in [-0.2, 0) is 23.4 Å². The maximum absolute atomic E-state index is 13.9. The van der Waals surface area contributed by atoms with E-state index >= 15 is 0 Å². The molecule has 6 aromatic carbocycles. The molecule has 0 aliphatic carbocycles. The number of hydrogen-bond acceptors (Lipinski definition) is 5. The van der Waals surface area contributed by atoms with Crippen molar-refractivity contribution in [2.24, 2.45) is 0 Å². The van der Waals surface area contributed by atoms with Crippen molar-refractivity contribution in [3.63, 3.8) is 0 Å². The molecule has 224 valence electrons. The van der Waals surface area contributed by atoms with Gasteiger partial charge < -0.3 is 19.7 Å². The highest BCUT2D eigenvalue weighted by molar-refractivity contribution is 6.03. The molecule has 0 unspecified atom stereocenters. The first-order valence-corrected chi connectivity index (χ1v) is 15.5. The van der Waals surface area contributed by atoms with E-state index < -0.39 is 5.60 Å². The van der Waals surface area contributed by atoms with E-state index in [-0.39, 0.29) is 5.97 Å². The number of aryl methyl sites for hydroxylation is 1. The van der Waals surface area contributed by atoms with Crippen molar-refractivity contribution in [2.75, 3.05) is 10.2 Å². The monoisotopic (exact) mass is 600 g/mol. The summed E-state index contributed by atoms with van der Waals surface area (Å²) in [6.07, 6.45) is 0. The number of fused-ring (bicyclic) bond motifs is 6. The summed E-state index contributed by atoms with van der Waals surface area (Å²) in [6, 6.07) is 49.0. The smallest absolute Gasteiger partial charge is 0.342 e. The van der Waals surface area contributed by atoms with Crippen molar-refractivity contribution in [3.8, 4) is 11.5 Å². The lowest BCUT2D eigenvalue weighted by atomic mass is 9.77. The summed E-state index contributed by atoms with van der Waals surface area (Å²) in [4.78, 5) is 16.3. The predicted molar refractivity (Wildman–Crippen MR) is 182 cm³/mol. The van der Waals surface area contributed by atoms with E-state index in [1.807, 2.05) is 78.9 Å². The average molecular weight is 601 g/mol. The maximum Gasteiger partial charge on any atom is 0.342 e. The quantitative estimate of drug-likeness (QED) is 0.185. The molecule has 2 heterocycles. The molecule has 0 aromatic heterocycles. The van der Waals surface area contributed by atoms with E-state index in [2.05, 4.69) is 83.9 Å². The zero-order valence-electron chi connectivity index (χ0n) is 25.4. The first-order valence-electron chi connectivity index (χ1n) is 15.5. The second-order valence-corrected chi connectivity index (χ2v) is 11.8. The van der Waals surface area contributed by atoms with Gasteiger partial charge in [0.15, 0.2) is 5.60 Å². The SMILES string of the molecule is Cc1ccc(N(Cc2ccccc2)Cc2ccccc2)cc1Nc1cccc2c1C(=O)OC21c2ccccc2Oc2ccccc21. The number of anilines is 3. The largest absolute Gasteiger partial charge is 0.456 e. The Bertz CT molecular complexity index is 1990. The molecule has 0 radical (unpaired) electrons. The third-order valence-corrected chi connectivity index (χ3v) is 8.93. The minimum Gasteiger partial charge on any atom is -0.456 e. The number of carbonyl (C=O) groups is 1. The van der Waals surface area contributed by atoms with Crippen molar-refractivity contribution >= 4 is 23.0 Å². The number of carbonyl (C=O) groups excluding carboxylic acids is 1. The van der Waals surface area contributed by atoms with E-state index in [0.29, 0.717) is 22.7 Å². The highest BCUT2D eigenvalue weighted by atomic mass is 16.6. The molecule has 2 aliphatic rings. The number of ether oxygens (including phenoxy) is 2. The van der Waals surface area contributed by atoms with Crippen LogP contribution in [0.15, 0.2) is 146 Å². The fourth-order valence-electron chi connectivity index (χ4n) is 6.70. The van der Waals surface area contributed by atoms with Crippen LogP contribution in [-0.4, -0.2) is 5.97 Å². The third-order valence-electron chi connectivity index (χ3n) is 8.93. The molecule has 1 N–H and O–H groups in total. The van der Waals surface area contributed by atoms with Crippen molar-refractivity contribution in [1.82, 2.24) is 0 Å². The summed E-state index contributed by atoms with van der Waals surface area (Å²) in [5.74, 6) is 0.995. The fraction of sp³-hybridized carbons (Fsp3) is 0.0976. The Hall–Kier alpha value is -5.81. The topological polar surface area (TPSA) is 50.8 Å². The van der Waals surface area contributed by atoms with Crippen LogP contribution in [0.25, 0.3) is 0 Å². The normalized spacial score (nSPS) is 13.6. The van der Waals surface area contributed by atoms with E-state index in [0.717, 1.165) is 46.7 Å². The second-order valence-electron chi connectivity index (χ2n) is 11.8. The molecule has 0 bridgehead atoms. The van der Waals surface area contributed by atoms with Crippen LogP contribution in [0.1, 0.15) is 43.7 Å². The van der Waals surface area contributed by atoms with Gasteiger partial charge in [0.05, 0.1) is 11.3 Å². The second kappa shape index (κ2) is 11.3. The van der Waals surface area contributed by atoms with Gasteiger partial charge in [-0.2, -0.15) is 0 Å². The Morgan fingerprint density at radius 1 is 0.609 bits per heavy atom. The summed E-state index contributed by atoms with van der Waals surface area (Å²) in [7, 11) is 0. The molecule has 2 aliphatic heterocycles. The number of hydrogen-bond donors (Lipinski definition) is 1. The summed E-state index contributed by atoms with van der Waals surface area (Å²) < 4.78 is 12.7. The van der Waals surface area contributed by atoms with Crippen molar-refractivity contribution in [3.05, 3.63) is 185 Å². The van der Waals surface area contributed by atoms with Gasteiger partial charge in [-0.15, -0.1) is 0 Å². The lowest BCUT2D eigenvalue weighted by Gasteiger charge is -2.36. The minimum atomic E-state index is -1.10. The summed E-state index contributed by atoms with van der Waals surface area (Å²) in [6.45, 7) is 3.60. The maximum atomic E-state index is 13.9. The van der Waals surface area contributed by atoms with Crippen LogP contribution in [0.2, 0.25) is 0 Å². The molecule has 8 rings (SSSR count). The van der Waals surface area contributed by atoms with Crippen molar-refractivity contribution < 1.29 is 14.3 Å². The standard InChI is InChI=1S/C41H32N2O3/c1-28-23-24-31(43(26-29-13-4-2-5-14-29)27-30-15-6-3-7-16-30)25-36(28)42-35-20-12-19-34-39(35)40(44)46-41(34)32-17-8-10-21-37(32)45-38-22-11-9-18-33(38)41/h2-25,42H,26-27H2,1H3. The van der Waals surface area contributed by atoms with Gasteiger partial charge in [0, 0.05) is 41.2 Å². The van der Waals surface area contributed by atoms with Gasteiger partial charge in [-0.05, 0) is 53.9 Å². The summed E-state index contributed by atoms with van der Waals surface area (Å²) in [5.41, 5.74) is 8.12. The molecule has 5 heteroatoms. The molecule has 46 heavy (non-hydrogen) atoms. The highest BCUT2D eigenvalue weighted by Crippen LogP contribution is 2.56. The lowest BCUT2D eigenvalue weighted by molar-refractivity contribution is 0.0225. The molecule has 5 nitrogen and oxygen atoms in total. The van der Waals surface area contributed by atoms with Crippen molar-refractivity contribution in [1.29, 1.82) is 0 Å². The molecule has 0 fully saturated rings. The Morgan fingerprint density at radius 3 is 1.80 bits per heavy atom. The molecule has 0 amide bonds. The molecule has 0 atom stereocenters. The lowest BCUT2D eigenvalue weighted by Crippen LogP contribution is -2.32. The van der Waals surface area contributed by atoms with Gasteiger partial charge in [0.25, 0.3) is 0 Å². The van der Waals surface area contributed by atoms with Gasteiger partial charge in [-0.25, -0.2) is 4.79 Å². The van der Waals surface area contributed by atoms with Crippen LogP contribution >= 0.6 is 0 Å². The van der Waals surface area contributed by atoms with Crippen LogP contribution in [0.3, 0.4) is 0 Å². The van der Waals surface area contributed by atoms with Crippen LogP contribution in [0.4, 0.5) is 17.1 Å². The van der Waals surface area contributed by atoms with Crippen LogP contribution in [0.5, 0.6) is 11.5 Å². The van der Waals surface area contributed by atoms with Gasteiger partial charge >= 0.3 is 5.97 Å². The fourth-order valence-corrected chi connectivity index (χ4v) is 6.70. The number of benzene rings is 6. The Labute approximate surface area is 268 Å². The Kier molecular flexibility index (Phi) is 6.80. The van der Waals surface area contributed by atoms with Gasteiger partial charge in [-0.3, -0.25) is 0 Å². The van der Waals surface area contributed by atoms with E-state index in [1.54, 1.807) is 0 Å². The van der Waals surface area contributed by atoms with Crippen molar-refractivity contribution in [2.45, 2.75) is 25.6 Å². The van der Waals surface area contributed by atoms with Gasteiger partial charge in [0.2, 0.25) is 0 Å². The summed E-state index contributed by atoms with van der Waals surface area (Å²) >= 11 is 0. The Balaban J connectivity index is 1.20. The number of nitrogens with zero attached hydrogens (tertiary/aromatic N) is 1. The zero-order chi connectivity index (χ0) is 31.1. The summed E-state index contributed by atoms with van der Waals surface area (Å²) in [5, 5.41) is 3.64. The number of nitrogens with one attached hydrogen (secondary N) is 1. The zero-order valence-corrected chi connectivity index (χ0v) is 25.4. The molecular formula is C41H32N2O3. The molecule has 1 spiro atoms. The first-order chi connectivity index (χ1) is 22.6. The predicted octanol–water partition coefficient (Wildman–Crippen LogP) is 9.51. The minimum absolute atomic E-state index is 0.367. The van der Waals surface area contributed by atoms with Gasteiger partial charge in [0.1, 0.15) is 11.5 Å². The van der Waals surface area contributed by atoms with Crippen LogP contribution < -0.4 is 15.0 Å². The number of esters is 1. The van der Waals surface area contributed by atoms with E-state index in [9.17, 15) is 4.79 Å². The van der Waals surface area contributed by atoms with Crippen LogP contribution in [0, 0.1) is 6.92 Å². The number of rotatable bonds is 7. The first kappa shape index (κ1) is 27.7. The Morgan fingerprint density at radius 2 is 1.17 bits per heavy atom. The average Bonchev–Trinajstić information content (AvgIpc) is 3.39. The molecular weight excluding hydrogens is 568 g/mol. The molecule has 0 saturated carbocycles. The van der Waals surface area contributed by atoms with Gasteiger partial charge in [-0.1, -0.05) is 115 Å².